The van der Waals surface area contributed by atoms with E-state index in [1.807, 2.05) is 0 Å². The van der Waals surface area contributed by atoms with E-state index < -0.39 is 0 Å². The zero-order chi connectivity index (χ0) is 9.68. The summed E-state index contributed by atoms with van der Waals surface area (Å²) in [5.74, 6) is 0. The molecule has 1 aromatic rings. The Kier molecular flexibility index (Phi) is 4.46. The summed E-state index contributed by atoms with van der Waals surface area (Å²) < 4.78 is 0. The van der Waals surface area contributed by atoms with Gasteiger partial charge in [0.15, 0.2) is 0 Å². The summed E-state index contributed by atoms with van der Waals surface area (Å²) in [5, 5.41) is 11.9. The molecule has 0 aliphatic carbocycles. The fourth-order valence-corrected chi connectivity index (χ4v) is 2.48. The molecule has 13 heavy (non-hydrogen) atoms. The van der Waals surface area contributed by atoms with Crippen LogP contribution in [0.5, 0.6) is 0 Å². The van der Waals surface area contributed by atoms with Gasteiger partial charge in [0.2, 0.25) is 0 Å². The Morgan fingerprint density at radius 3 is 2.85 bits per heavy atom. The third-order valence-electron chi connectivity index (χ3n) is 2.30. The predicted molar refractivity (Wildman–Crippen MR) is 58.2 cm³/mol. The van der Waals surface area contributed by atoms with Crippen LogP contribution >= 0.6 is 11.3 Å². The number of aryl methyl sites for hydroxylation is 1. The molecule has 1 rings (SSSR count). The minimum absolute atomic E-state index is 0.227. The SMILES string of the molecule is CCCCC(O)c1sccc1CC. The molecular weight excluding hydrogens is 180 g/mol. The summed E-state index contributed by atoms with van der Waals surface area (Å²) in [6.45, 7) is 4.29. The number of hydrogen-bond donors (Lipinski definition) is 1. The van der Waals surface area contributed by atoms with Crippen molar-refractivity contribution in [2.45, 2.75) is 45.6 Å². The van der Waals surface area contributed by atoms with Gasteiger partial charge < -0.3 is 5.11 Å². The molecule has 1 N–H and O–H groups in total. The molecule has 0 spiro atoms. The van der Waals surface area contributed by atoms with Gasteiger partial charge in [0.1, 0.15) is 0 Å². The Bertz CT molecular complexity index is 242. The predicted octanol–water partition coefficient (Wildman–Crippen LogP) is 3.53. The zero-order valence-corrected chi connectivity index (χ0v) is 9.23. The topological polar surface area (TPSA) is 20.2 Å². The maximum Gasteiger partial charge on any atom is 0.0884 e. The van der Waals surface area contributed by atoms with Crippen molar-refractivity contribution < 1.29 is 5.11 Å². The molecule has 0 aliphatic rings. The lowest BCUT2D eigenvalue weighted by molar-refractivity contribution is 0.167. The molecule has 1 nitrogen and oxygen atoms in total. The van der Waals surface area contributed by atoms with Crippen LogP contribution in [0.4, 0.5) is 0 Å². The van der Waals surface area contributed by atoms with E-state index >= 15 is 0 Å². The monoisotopic (exact) mass is 198 g/mol. The Hall–Kier alpha value is -0.340. The number of aliphatic hydroxyl groups is 1. The van der Waals surface area contributed by atoms with E-state index in [1.165, 1.54) is 10.4 Å². The molecule has 1 unspecified atom stereocenters. The van der Waals surface area contributed by atoms with Gasteiger partial charge in [0, 0.05) is 4.88 Å². The first-order valence-electron chi connectivity index (χ1n) is 5.03. The minimum atomic E-state index is -0.227. The Balaban J connectivity index is 2.59. The Morgan fingerprint density at radius 1 is 1.46 bits per heavy atom. The molecule has 0 aliphatic heterocycles. The molecule has 2 heteroatoms. The highest BCUT2D eigenvalue weighted by molar-refractivity contribution is 7.10. The van der Waals surface area contributed by atoms with E-state index in [4.69, 9.17) is 0 Å². The summed E-state index contributed by atoms with van der Waals surface area (Å²) in [4.78, 5) is 1.18. The van der Waals surface area contributed by atoms with Crippen LogP contribution in [0.1, 0.15) is 49.7 Å². The van der Waals surface area contributed by atoms with Gasteiger partial charge in [-0.1, -0.05) is 26.7 Å². The molecule has 0 fully saturated rings. The van der Waals surface area contributed by atoms with Gasteiger partial charge in [0.05, 0.1) is 6.10 Å². The highest BCUT2D eigenvalue weighted by Crippen LogP contribution is 2.28. The van der Waals surface area contributed by atoms with E-state index in [0.717, 1.165) is 25.7 Å². The summed E-state index contributed by atoms with van der Waals surface area (Å²) in [6, 6.07) is 2.12. The second-order valence-corrected chi connectivity index (χ2v) is 4.27. The minimum Gasteiger partial charge on any atom is -0.388 e. The van der Waals surface area contributed by atoms with Crippen LogP contribution in [0.15, 0.2) is 11.4 Å². The van der Waals surface area contributed by atoms with Crippen LogP contribution in [0, 0.1) is 0 Å². The lowest BCUT2D eigenvalue weighted by Crippen LogP contribution is -1.97. The summed E-state index contributed by atoms with van der Waals surface area (Å²) in [5.41, 5.74) is 1.31. The van der Waals surface area contributed by atoms with E-state index in [1.54, 1.807) is 11.3 Å². The molecule has 0 bridgehead atoms. The molecule has 0 aromatic carbocycles. The number of rotatable bonds is 5. The molecule has 74 valence electrons. The standard InChI is InChI=1S/C11H18OS/c1-3-5-6-10(12)11-9(4-2)7-8-13-11/h7-8,10,12H,3-6H2,1-2H3. The first kappa shape index (κ1) is 10.7. The van der Waals surface area contributed by atoms with Crippen molar-refractivity contribution in [3.63, 3.8) is 0 Å². The molecule has 0 amide bonds. The first-order valence-corrected chi connectivity index (χ1v) is 5.91. The van der Waals surface area contributed by atoms with E-state index in [9.17, 15) is 5.11 Å². The fourth-order valence-electron chi connectivity index (χ4n) is 1.46. The largest absolute Gasteiger partial charge is 0.388 e. The molecule has 1 atom stereocenters. The molecular formula is C11H18OS. The second-order valence-electron chi connectivity index (χ2n) is 3.32. The Morgan fingerprint density at radius 2 is 2.23 bits per heavy atom. The van der Waals surface area contributed by atoms with Crippen molar-refractivity contribution >= 4 is 11.3 Å². The first-order chi connectivity index (χ1) is 6.29. The smallest absolute Gasteiger partial charge is 0.0884 e. The summed E-state index contributed by atoms with van der Waals surface area (Å²) >= 11 is 1.68. The van der Waals surface area contributed by atoms with Gasteiger partial charge >= 0.3 is 0 Å². The van der Waals surface area contributed by atoms with Crippen molar-refractivity contribution in [2.24, 2.45) is 0 Å². The lowest BCUT2D eigenvalue weighted by Gasteiger charge is -2.09. The Labute approximate surface area is 84.4 Å². The van der Waals surface area contributed by atoms with Crippen LogP contribution in [-0.2, 0) is 6.42 Å². The van der Waals surface area contributed by atoms with Crippen molar-refractivity contribution in [3.05, 3.63) is 21.9 Å². The van der Waals surface area contributed by atoms with E-state index in [0.29, 0.717) is 0 Å². The van der Waals surface area contributed by atoms with Crippen LogP contribution in [-0.4, -0.2) is 5.11 Å². The lowest BCUT2D eigenvalue weighted by atomic mass is 10.1. The van der Waals surface area contributed by atoms with Gasteiger partial charge in [-0.3, -0.25) is 0 Å². The van der Waals surface area contributed by atoms with Gasteiger partial charge in [-0.15, -0.1) is 11.3 Å². The maximum absolute atomic E-state index is 9.86. The van der Waals surface area contributed by atoms with Gasteiger partial charge in [0.25, 0.3) is 0 Å². The number of aliphatic hydroxyl groups excluding tert-OH is 1. The molecule has 0 radical (unpaired) electrons. The van der Waals surface area contributed by atoms with E-state index in [2.05, 4.69) is 25.3 Å². The average Bonchev–Trinajstić information content (AvgIpc) is 2.61. The second kappa shape index (κ2) is 5.40. The normalized spacial score (nSPS) is 13.2. The van der Waals surface area contributed by atoms with Crippen molar-refractivity contribution in [1.82, 2.24) is 0 Å². The average molecular weight is 198 g/mol. The maximum atomic E-state index is 9.86. The summed E-state index contributed by atoms with van der Waals surface area (Å²) in [7, 11) is 0. The zero-order valence-electron chi connectivity index (χ0n) is 8.42. The summed E-state index contributed by atoms with van der Waals surface area (Å²) in [6.07, 6.45) is 3.98. The number of hydrogen-bond acceptors (Lipinski definition) is 2. The third-order valence-corrected chi connectivity index (χ3v) is 3.36. The molecule has 0 saturated heterocycles. The van der Waals surface area contributed by atoms with Gasteiger partial charge in [-0.25, -0.2) is 0 Å². The van der Waals surface area contributed by atoms with Crippen molar-refractivity contribution in [1.29, 1.82) is 0 Å². The van der Waals surface area contributed by atoms with E-state index in [-0.39, 0.29) is 6.10 Å². The fraction of sp³-hybridized carbons (Fsp3) is 0.636. The highest BCUT2D eigenvalue weighted by atomic mass is 32.1. The van der Waals surface area contributed by atoms with Crippen LogP contribution in [0.3, 0.4) is 0 Å². The highest BCUT2D eigenvalue weighted by Gasteiger charge is 2.11. The quantitative estimate of drug-likeness (QED) is 0.767. The molecule has 0 saturated carbocycles. The van der Waals surface area contributed by atoms with Gasteiger partial charge in [-0.2, -0.15) is 0 Å². The molecule has 1 aromatic heterocycles. The third kappa shape index (κ3) is 2.82. The molecule has 1 heterocycles. The van der Waals surface area contributed by atoms with Crippen LogP contribution in [0.2, 0.25) is 0 Å². The van der Waals surface area contributed by atoms with Crippen molar-refractivity contribution in [3.8, 4) is 0 Å². The number of unbranched alkanes of at least 4 members (excludes halogenated alkanes) is 1. The number of thiophene rings is 1. The van der Waals surface area contributed by atoms with Crippen molar-refractivity contribution in [2.75, 3.05) is 0 Å². The van der Waals surface area contributed by atoms with Crippen LogP contribution < -0.4 is 0 Å². The van der Waals surface area contributed by atoms with Gasteiger partial charge in [-0.05, 0) is 29.9 Å². The van der Waals surface area contributed by atoms with Crippen LogP contribution in [0.25, 0.3) is 0 Å².